The van der Waals surface area contributed by atoms with Crippen LogP contribution in [0.3, 0.4) is 0 Å². The largest absolute Gasteiger partial charge is 0.0572 e. The lowest BCUT2D eigenvalue weighted by molar-refractivity contribution is 0.571. The zero-order valence-electron chi connectivity index (χ0n) is 26.9. The van der Waals surface area contributed by atoms with Crippen LogP contribution in [-0.2, 0) is 27.1 Å². The summed E-state index contributed by atoms with van der Waals surface area (Å²) in [4.78, 5) is 0. The molecule has 0 heterocycles. The maximum absolute atomic E-state index is 2.60. The molecule has 0 aromatic heterocycles. The molecule has 38 heavy (non-hydrogen) atoms. The van der Waals surface area contributed by atoms with Gasteiger partial charge in [-0.3, -0.25) is 0 Å². The van der Waals surface area contributed by atoms with E-state index in [4.69, 9.17) is 0 Å². The molecule has 1 aliphatic carbocycles. The minimum Gasteiger partial charge on any atom is -0.0572 e. The highest BCUT2D eigenvalue weighted by Gasteiger charge is 2.37. The van der Waals surface area contributed by atoms with Crippen molar-refractivity contribution in [3.8, 4) is 11.1 Å². The molecule has 0 heteroatoms. The molecule has 4 aromatic carbocycles. The van der Waals surface area contributed by atoms with Gasteiger partial charge in [0.25, 0.3) is 0 Å². The van der Waals surface area contributed by atoms with E-state index in [1.54, 1.807) is 0 Å². The molecule has 202 valence electrons. The maximum atomic E-state index is 2.60. The maximum Gasteiger partial charge on any atom is -0.000803 e. The average molecular weight is 507 g/mol. The van der Waals surface area contributed by atoms with E-state index in [0.29, 0.717) is 0 Å². The molecule has 0 amide bonds. The second kappa shape index (κ2) is 7.65. The minimum absolute atomic E-state index is 0.0320. The van der Waals surface area contributed by atoms with Gasteiger partial charge in [-0.25, -0.2) is 0 Å². The molecule has 0 spiro atoms. The molecule has 0 bridgehead atoms. The van der Waals surface area contributed by atoms with Crippen molar-refractivity contribution in [2.75, 3.05) is 0 Å². The van der Waals surface area contributed by atoms with Crippen LogP contribution in [-0.4, -0.2) is 0 Å². The first kappa shape index (κ1) is 27.2. The topological polar surface area (TPSA) is 0 Å². The summed E-state index contributed by atoms with van der Waals surface area (Å²) < 4.78 is 0. The van der Waals surface area contributed by atoms with E-state index in [2.05, 4.69) is 134 Å². The summed E-state index contributed by atoms with van der Waals surface area (Å²) in [6, 6.07) is 12.6. The Balaban J connectivity index is 2.26. The lowest BCUT2D eigenvalue weighted by atomic mass is 9.72. The second-order valence-corrected chi connectivity index (χ2v) is 17.2. The summed E-state index contributed by atoms with van der Waals surface area (Å²) in [7, 11) is 0. The molecular formula is C38H50. The molecule has 1 aliphatic rings. The van der Waals surface area contributed by atoms with Crippen molar-refractivity contribution >= 4 is 32.3 Å². The van der Waals surface area contributed by atoms with Gasteiger partial charge in [-0.15, -0.1) is 0 Å². The fourth-order valence-corrected chi connectivity index (χ4v) is 6.89. The molecule has 0 unspecified atom stereocenters. The van der Waals surface area contributed by atoms with Crippen LogP contribution < -0.4 is 0 Å². The smallest absolute Gasteiger partial charge is 0.000803 e. The van der Waals surface area contributed by atoms with E-state index in [1.165, 1.54) is 71.3 Å². The summed E-state index contributed by atoms with van der Waals surface area (Å²) in [5.74, 6) is 0. The molecule has 0 N–H and O–H groups in total. The van der Waals surface area contributed by atoms with Gasteiger partial charge >= 0.3 is 0 Å². The molecule has 0 aliphatic heterocycles. The summed E-state index contributed by atoms with van der Waals surface area (Å²) in [5.41, 5.74) is 10.6. The Hall–Kier alpha value is -2.34. The zero-order chi connectivity index (χ0) is 28.5. The van der Waals surface area contributed by atoms with Crippen LogP contribution in [0.4, 0.5) is 0 Å². The molecule has 0 atom stereocenters. The van der Waals surface area contributed by atoms with Crippen LogP contribution in [0.15, 0.2) is 30.3 Å². The van der Waals surface area contributed by atoms with Crippen molar-refractivity contribution in [1.29, 1.82) is 0 Å². The monoisotopic (exact) mass is 506 g/mol. The van der Waals surface area contributed by atoms with Gasteiger partial charge in [0.2, 0.25) is 0 Å². The third-order valence-corrected chi connectivity index (χ3v) is 8.77. The van der Waals surface area contributed by atoms with Gasteiger partial charge in [0.05, 0.1) is 0 Å². The van der Waals surface area contributed by atoms with Gasteiger partial charge in [0.15, 0.2) is 0 Å². The Morgan fingerprint density at radius 1 is 0.342 bits per heavy atom. The first-order valence-corrected chi connectivity index (χ1v) is 14.6. The Bertz CT molecular complexity index is 1640. The van der Waals surface area contributed by atoms with Gasteiger partial charge in [0.1, 0.15) is 0 Å². The van der Waals surface area contributed by atoms with E-state index in [-0.39, 0.29) is 27.1 Å². The molecule has 4 aromatic rings. The van der Waals surface area contributed by atoms with Crippen molar-refractivity contribution in [1.82, 2.24) is 0 Å². The fourth-order valence-electron chi connectivity index (χ4n) is 6.89. The minimum atomic E-state index is 0.0320. The third-order valence-electron chi connectivity index (χ3n) is 8.77. The van der Waals surface area contributed by atoms with Crippen molar-refractivity contribution in [2.24, 2.45) is 0 Å². The predicted molar refractivity (Wildman–Crippen MR) is 171 cm³/mol. The van der Waals surface area contributed by atoms with Gasteiger partial charge < -0.3 is 0 Å². The van der Waals surface area contributed by atoms with Gasteiger partial charge in [-0.1, -0.05) is 122 Å². The third kappa shape index (κ3) is 3.84. The van der Waals surface area contributed by atoms with E-state index in [1.807, 2.05) is 0 Å². The zero-order valence-corrected chi connectivity index (χ0v) is 26.9. The molecular weight excluding hydrogens is 456 g/mol. The number of benzene rings is 4. The molecule has 0 saturated heterocycles. The Morgan fingerprint density at radius 3 is 1.26 bits per heavy atom. The second-order valence-electron chi connectivity index (χ2n) is 17.2. The van der Waals surface area contributed by atoms with Gasteiger partial charge in [-0.05, 0) is 110 Å². The number of hydrogen-bond acceptors (Lipinski definition) is 0. The number of fused-ring (bicyclic) bond motifs is 1. The quantitative estimate of drug-likeness (QED) is 0.183. The Kier molecular flexibility index (Phi) is 5.48. The average Bonchev–Trinajstić information content (AvgIpc) is 3.06. The van der Waals surface area contributed by atoms with Crippen molar-refractivity contribution in [2.45, 2.75) is 131 Å². The first-order valence-electron chi connectivity index (χ1n) is 14.6. The lowest BCUT2D eigenvalue weighted by Crippen LogP contribution is -2.20. The van der Waals surface area contributed by atoms with Gasteiger partial charge in [-0.2, -0.15) is 0 Å². The van der Waals surface area contributed by atoms with E-state index in [0.717, 1.165) is 0 Å². The molecule has 0 fully saturated rings. The van der Waals surface area contributed by atoms with Crippen LogP contribution in [0.5, 0.6) is 0 Å². The van der Waals surface area contributed by atoms with Crippen LogP contribution in [0.2, 0.25) is 0 Å². The molecule has 0 saturated carbocycles. The van der Waals surface area contributed by atoms with Crippen LogP contribution in [0, 0.1) is 0 Å². The highest BCUT2D eigenvalue weighted by Crippen LogP contribution is 2.58. The summed E-state index contributed by atoms with van der Waals surface area (Å²) in [6.07, 6.45) is 0. The number of rotatable bonds is 0. The highest BCUT2D eigenvalue weighted by atomic mass is 14.4. The van der Waals surface area contributed by atoms with Gasteiger partial charge in [0, 0.05) is 0 Å². The van der Waals surface area contributed by atoms with E-state index < -0.39 is 0 Å². The fraction of sp³-hybridized carbons (Fsp3) is 0.526. The highest BCUT2D eigenvalue weighted by molar-refractivity contribution is 6.35. The summed E-state index contributed by atoms with van der Waals surface area (Å²) in [5, 5.41) is 8.87. The van der Waals surface area contributed by atoms with Crippen LogP contribution >= 0.6 is 0 Å². The molecule has 0 radical (unpaired) electrons. The summed E-state index contributed by atoms with van der Waals surface area (Å²) in [6.45, 7) is 35.9. The van der Waals surface area contributed by atoms with E-state index in [9.17, 15) is 0 Å². The normalized spacial score (nSPS) is 14.7. The van der Waals surface area contributed by atoms with Crippen molar-refractivity contribution < 1.29 is 0 Å². The summed E-state index contributed by atoms with van der Waals surface area (Å²) >= 11 is 0. The SMILES string of the molecule is CC(C)(C)c1ccc2cc(C(C)(C)C)c3c(C(C)(C)C)cc4c(C(C)(C)C)cc(C(C)(C)C)c5c4c3c2c1-5. The Labute approximate surface area is 232 Å². The van der Waals surface area contributed by atoms with Crippen molar-refractivity contribution in [3.05, 3.63) is 58.1 Å². The van der Waals surface area contributed by atoms with E-state index >= 15 is 0 Å². The molecule has 0 nitrogen and oxygen atoms in total. The Morgan fingerprint density at radius 2 is 0.789 bits per heavy atom. The van der Waals surface area contributed by atoms with Crippen LogP contribution in [0.1, 0.15) is 132 Å². The van der Waals surface area contributed by atoms with Crippen LogP contribution in [0.25, 0.3) is 43.4 Å². The lowest BCUT2D eigenvalue weighted by Gasteiger charge is -2.32. The standard InChI is InChI=1S/C38H50/c1-34(2,3)23-17-16-21-18-25(36(7,8)9)30-26(37(10,11)12)19-22-24(35(4,5)6)20-27(38(13,14)15)32-29(22)33(30)28(21)31(23)32/h16-20H,1-15H3. The first-order chi connectivity index (χ1) is 17.0. The molecule has 5 rings (SSSR count). The number of hydrogen-bond donors (Lipinski definition) is 0. The predicted octanol–water partition coefficient (Wildman–Crippen LogP) is 11.6. The van der Waals surface area contributed by atoms with Crippen molar-refractivity contribution in [3.63, 3.8) is 0 Å².